The maximum atomic E-state index is 11.7. The van der Waals surface area contributed by atoms with Crippen LogP contribution in [0.4, 0.5) is 4.79 Å². The van der Waals surface area contributed by atoms with E-state index in [1.807, 2.05) is 13.8 Å². The van der Waals surface area contributed by atoms with Gasteiger partial charge in [0.05, 0.1) is 0 Å². The monoisotopic (exact) mass is 275 g/mol. The van der Waals surface area contributed by atoms with Crippen LogP contribution < -0.4 is 11.1 Å². The van der Waals surface area contributed by atoms with E-state index in [4.69, 9.17) is 15.9 Å². The van der Waals surface area contributed by atoms with Crippen LogP contribution in [-0.2, 0) is 9.59 Å². The van der Waals surface area contributed by atoms with E-state index in [1.54, 1.807) is 0 Å². The van der Waals surface area contributed by atoms with E-state index in [-0.39, 0.29) is 25.4 Å². The Labute approximate surface area is 111 Å². The van der Waals surface area contributed by atoms with E-state index >= 15 is 0 Å². The standard InChI is InChI=1S/C11H21N3O5/c1-7(2)5-14(6-9(12)16)11(19)13-4-3-8(15)10(17)18/h7-8,15H,3-6H2,1-2H3,(H2,12,16)(H,13,19)(H,17,18)/t8-/m0/s1. The lowest BCUT2D eigenvalue weighted by Crippen LogP contribution is -2.46. The molecule has 0 unspecified atom stereocenters. The number of amides is 3. The number of hydrogen-bond acceptors (Lipinski definition) is 4. The predicted molar refractivity (Wildman–Crippen MR) is 67.3 cm³/mol. The quantitative estimate of drug-likeness (QED) is 0.450. The van der Waals surface area contributed by atoms with Gasteiger partial charge in [0.2, 0.25) is 5.91 Å². The van der Waals surface area contributed by atoms with Gasteiger partial charge in [-0.2, -0.15) is 0 Å². The lowest BCUT2D eigenvalue weighted by atomic mass is 10.2. The number of carboxylic acids is 1. The zero-order valence-electron chi connectivity index (χ0n) is 11.1. The van der Waals surface area contributed by atoms with Crippen molar-refractivity contribution in [1.82, 2.24) is 10.2 Å². The Morgan fingerprint density at radius 1 is 1.32 bits per heavy atom. The van der Waals surface area contributed by atoms with E-state index in [0.717, 1.165) is 0 Å². The number of aliphatic hydroxyl groups excluding tert-OH is 1. The highest BCUT2D eigenvalue weighted by molar-refractivity contribution is 5.83. The van der Waals surface area contributed by atoms with Crippen LogP contribution in [0.1, 0.15) is 20.3 Å². The van der Waals surface area contributed by atoms with Crippen LogP contribution in [0.25, 0.3) is 0 Å². The third-order valence-electron chi connectivity index (χ3n) is 2.20. The van der Waals surface area contributed by atoms with Crippen LogP contribution in [0.3, 0.4) is 0 Å². The minimum Gasteiger partial charge on any atom is -0.479 e. The van der Waals surface area contributed by atoms with Gasteiger partial charge < -0.3 is 26.2 Å². The highest BCUT2D eigenvalue weighted by atomic mass is 16.4. The van der Waals surface area contributed by atoms with Gasteiger partial charge in [-0.3, -0.25) is 4.79 Å². The topological polar surface area (TPSA) is 133 Å². The largest absolute Gasteiger partial charge is 0.479 e. The number of carbonyl (C=O) groups is 3. The number of urea groups is 1. The first-order chi connectivity index (χ1) is 8.73. The Hall–Kier alpha value is -1.83. The van der Waals surface area contributed by atoms with Crippen molar-refractivity contribution < 1.29 is 24.6 Å². The molecule has 0 heterocycles. The summed E-state index contributed by atoms with van der Waals surface area (Å²) in [6, 6.07) is -0.509. The van der Waals surface area contributed by atoms with Gasteiger partial charge >= 0.3 is 12.0 Å². The van der Waals surface area contributed by atoms with E-state index < -0.39 is 24.0 Å². The van der Waals surface area contributed by atoms with Crippen molar-refractivity contribution in [3.63, 3.8) is 0 Å². The molecule has 0 rings (SSSR count). The molecule has 0 aromatic carbocycles. The van der Waals surface area contributed by atoms with Gasteiger partial charge in [-0.05, 0) is 5.92 Å². The molecule has 0 fully saturated rings. The number of nitrogens with zero attached hydrogens (tertiary/aromatic N) is 1. The highest BCUT2D eigenvalue weighted by Crippen LogP contribution is 1.99. The maximum absolute atomic E-state index is 11.7. The number of primary amides is 1. The maximum Gasteiger partial charge on any atom is 0.332 e. The van der Waals surface area contributed by atoms with Gasteiger partial charge in [0.25, 0.3) is 0 Å². The van der Waals surface area contributed by atoms with Crippen molar-refractivity contribution in [3.05, 3.63) is 0 Å². The average Bonchev–Trinajstić information content (AvgIpc) is 2.26. The molecule has 1 atom stereocenters. The molecule has 110 valence electrons. The normalized spacial score (nSPS) is 12.0. The summed E-state index contributed by atoms with van der Waals surface area (Å²) in [5, 5.41) is 19.9. The van der Waals surface area contributed by atoms with Gasteiger partial charge in [-0.15, -0.1) is 0 Å². The first kappa shape index (κ1) is 17.2. The molecular weight excluding hydrogens is 254 g/mol. The summed E-state index contributed by atoms with van der Waals surface area (Å²) in [6.45, 7) is 3.92. The molecule has 0 bridgehead atoms. The van der Waals surface area contributed by atoms with E-state index in [1.165, 1.54) is 4.90 Å². The summed E-state index contributed by atoms with van der Waals surface area (Å²) < 4.78 is 0. The van der Waals surface area contributed by atoms with Crippen molar-refractivity contribution in [2.45, 2.75) is 26.4 Å². The smallest absolute Gasteiger partial charge is 0.332 e. The number of aliphatic hydroxyl groups is 1. The SMILES string of the molecule is CC(C)CN(CC(N)=O)C(=O)NCC[C@H](O)C(=O)O. The second kappa shape index (κ2) is 8.30. The number of rotatable bonds is 8. The number of hydrogen-bond donors (Lipinski definition) is 4. The second-order valence-corrected chi connectivity index (χ2v) is 4.62. The Morgan fingerprint density at radius 3 is 2.32 bits per heavy atom. The number of nitrogens with two attached hydrogens (primary N) is 1. The zero-order chi connectivity index (χ0) is 15.0. The fourth-order valence-corrected chi connectivity index (χ4v) is 1.40. The minimum absolute atomic E-state index is 0.000340. The summed E-state index contributed by atoms with van der Waals surface area (Å²) in [7, 11) is 0. The third-order valence-corrected chi connectivity index (χ3v) is 2.20. The number of aliphatic carboxylic acids is 1. The van der Waals surface area contributed by atoms with E-state index in [0.29, 0.717) is 6.54 Å². The molecule has 0 aromatic rings. The molecule has 0 saturated heterocycles. The molecule has 0 radical (unpaired) electrons. The van der Waals surface area contributed by atoms with Crippen LogP contribution in [0.15, 0.2) is 0 Å². The molecule has 0 saturated carbocycles. The molecule has 5 N–H and O–H groups in total. The average molecular weight is 275 g/mol. The molecule has 8 heteroatoms. The predicted octanol–water partition coefficient (Wildman–Crippen LogP) is -1.03. The van der Waals surface area contributed by atoms with Crippen LogP contribution >= 0.6 is 0 Å². The van der Waals surface area contributed by atoms with Gasteiger partial charge in [0, 0.05) is 19.5 Å². The van der Waals surface area contributed by atoms with Crippen molar-refractivity contribution in [2.24, 2.45) is 11.7 Å². The molecule has 0 spiro atoms. The first-order valence-electron chi connectivity index (χ1n) is 5.96. The first-order valence-corrected chi connectivity index (χ1v) is 5.96. The molecule has 8 nitrogen and oxygen atoms in total. The molecule has 0 aliphatic heterocycles. The number of nitrogens with one attached hydrogen (secondary N) is 1. The molecular formula is C11H21N3O5. The Bertz CT molecular complexity index is 332. The molecule has 3 amide bonds. The molecule has 19 heavy (non-hydrogen) atoms. The lowest BCUT2D eigenvalue weighted by molar-refractivity contribution is -0.146. The van der Waals surface area contributed by atoms with Crippen molar-refractivity contribution in [3.8, 4) is 0 Å². The van der Waals surface area contributed by atoms with Gasteiger partial charge in [0.1, 0.15) is 6.54 Å². The van der Waals surface area contributed by atoms with E-state index in [2.05, 4.69) is 5.32 Å². The zero-order valence-corrected chi connectivity index (χ0v) is 11.1. The summed E-state index contributed by atoms with van der Waals surface area (Å²) in [5.41, 5.74) is 5.05. The minimum atomic E-state index is -1.52. The van der Waals surface area contributed by atoms with Gasteiger partial charge in [0.15, 0.2) is 6.10 Å². The summed E-state index contributed by atoms with van der Waals surface area (Å²) in [5.74, 6) is -1.80. The van der Waals surface area contributed by atoms with Crippen molar-refractivity contribution in [2.75, 3.05) is 19.6 Å². The Balaban J connectivity index is 4.24. The molecule has 0 aliphatic carbocycles. The van der Waals surface area contributed by atoms with Gasteiger partial charge in [-0.1, -0.05) is 13.8 Å². The summed E-state index contributed by atoms with van der Waals surface area (Å²) in [6.07, 6.45) is -1.62. The van der Waals surface area contributed by atoms with Crippen LogP contribution in [0.2, 0.25) is 0 Å². The van der Waals surface area contributed by atoms with E-state index in [9.17, 15) is 14.4 Å². The fourth-order valence-electron chi connectivity index (χ4n) is 1.40. The van der Waals surface area contributed by atoms with Crippen molar-refractivity contribution >= 4 is 17.9 Å². The summed E-state index contributed by atoms with van der Waals surface area (Å²) in [4.78, 5) is 34.2. The Morgan fingerprint density at radius 2 is 1.89 bits per heavy atom. The Kier molecular flexibility index (Phi) is 7.50. The second-order valence-electron chi connectivity index (χ2n) is 4.62. The number of carbonyl (C=O) groups excluding carboxylic acids is 2. The molecule has 0 aliphatic rings. The summed E-state index contributed by atoms with van der Waals surface area (Å²) >= 11 is 0. The molecule has 0 aromatic heterocycles. The number of carboxylic acid groups (broad SMARTS) is 1. The van der Waals surface area contributed by atoms with Crippen molar-refractivity contribution in [1.29, 1.82) is 0 Å². The lowest BCUT2D eigenvalue weighted by Gasteiger charge is -2.23. The van der Waals surface area contributed by atoms with Gasteiger partial charge in [-0.25, -0.2) is 9.59 Å². The third kappa shape index (κ3) is 7.98. The fraction of sp³-hybridized carbons (Fsp3) is 0.727. The highest BCUT2D eigenvalue weighted by Gasteiger charge is 2.18. The van der Waals surface area contributed by atoms with Crippen LogP contribution in [0, 0.1) is 5.92 Å². The van der Waals surface area contributed by atoms with Crippen LogP contribution in [0.5, 0.6) is 0 Å². The van der Waals surface area contributed by atoms with Crippen LogP contribution in [-0.4, -0.2) is 58.8 Å².